The van der Waals surface area contributed by atoms with E-state index in [1.807, 2.05) is 0 Å². The minimum Gasteiger partial charge on any atom is -0.462 e. The van der Waals surface area contributed by atoms with Gasteiger partial charge in [-0.2, -0.15) is 0 Å². The van der Waals surface area contributed by atoms with E-state index in [9.17, 15) is 14.4 Å². The topological polar surface area (TPSA) is 78.9 Å². The SMILES string of the molecule is CC/C=C\C/C=C\C/C=C\C/C=C\C/C=C\C/C=C\C/C=C\CCCCCCCC(=O)OCC(COC(=O)CCCCCCCCCCCCCC)OC(=O)CCCCCCCCC/C=C\C/C=C\C/C=C\C/C=C\C/C=C\CC. The summed E-state index contributed by atoms with van der Waals surface area (Å²) in [4.78, 5) is 38.3. The fourth-order valence-electron chi connectivity index (χ4n) is 8.74. The molecule has 1 atom stereocenters. The Hall–Kier alpha value is -4.71. The summed E-state index contributed by atoms with van der Waals surface area (Å²) in [7, 11) is 0. The zero-order valence-corrected chi connectivity index (χ0v) is 51.8. The monoisotopic (exact) mass is 1100 g/mol. The molecule has 0 N–H and O–H groups in total. The maximum atomic E-state index is 12.9. The third kappa shape index (κ3) is 64.1. The van der Waals surface area contributed by atoms with E-state index in [1.54, 1.807) is 0 Å². The van der Waals surface area contributed by atoms with Crippen LogP contribution in [-0.4, -0.2) is 37.2 Å². The van der Waals surface area contributed by atoms with Gasteiger partial charge >= 0.3 is 17.9 Å². The van der Waals surface area contributed by atoms with E-state index in [0.717, 1.165) is 167 Å². The summed E-state index contributed by atoms with van der Waals surface area (Å²) in [5, 5.41) is 0. The molecule has 0 amide bonds. The fraction of sp³-hybridized carbons (Fsp3) is 0.635. The lowest BCUT2D eigenvalue weighted by Gasteiger charge is -2.18. The van der Waals surface area contributed by atoms with E-state index in [1.165, 1.54) is 77.0 Å². The third-order valence-corrected chi connectivity index (χ3v) is 13.6. The second-order valence-electron chi connectivity index (χ2n) is 21.3. The van der Waals surface area contributed by atoms with Gasteiger partial charge in [-0.15, -0.1) is 0 Å². The highest BCUT2D eigenvalue weighted by Gasteiger charge is 2.19. The number of carbonyl (C=O) groups excluding carboxylic acids is 3. The Morgan fingerprint density at radius 1 is 0.263 bits per heavy atom. The largest absolute Gasteiger partial charge is 0.462 e. The highest BCUT2D eigenvalue weighted by molar-refractivity contribution is 5.71. The van der Waals surface area contributed by atoms with Crippen LogP contribution in [0, 0.1) is 0 Å². The predicted octanol–water partition coefficient (Wildman–Crippen LogP) is 22.7. The molecule has 1 unspecified atom stereocenters. The van der Waals surface area contributed by atoms with Crippen LogP contribution in [0.25, 0.3) is 0 Å². The molecule has 6 nitrogen and oxygen atoms in total. The molecule has 0 aromatic carbocycles. The van der Waals surface area contributed by atoms with Gasteiger partial charge in [0, 0.05) is 19.3 Å². The lowest BCUT2D eigenvalue weighted by molar-refractivity contribution is -0.167. The molecular formula is C74H120O6. The van der Waals surface area contributed by atoms with Crippen LogP contribution in [0.5, 0.6) is 0 Å². The van der Waals surface area contributed by atoms with Gasteiger partial charge < -0.3 is 14.2 Å². The van der Waals surface area contributed by atoms with Gasteiger partial charge in [-0.3, -0.25) is 14.4 Å². The minimum atomic E-state index is -0.798. The van der Waals surface area contributed by atoms with E-state index in [4.69, 9.17) is 14.2 Å². The van der Waals surface area contributed by atoms with Crippen molar-refractivity contribution in [2.75, 3.05) is 13.2 Å². The van der Waals surface area contributed by atoms with Crippen LogP contribution < -0.4 is 0 Å². The van der Waals surface area contributed by atoms with Crippen molar-refractivity contribution in [3.8, 4) is 0 Å². The van der Waals surface area contributed by atoms with E-state index in [0.29, 0.717) is 19.3 Å². The maximum Gasteiger partial charge on any atom is 0.306 e. The Balaban J connectivity index is 4.40. The van der Waals surface area contributed by atoms with Crippen LogP contribution in [0.4, 0.5) is 0 Å². The Morgan fingerprint density at radius 2 is 0.487 bits per heavy atom. The van der Waals surface area contributed by atoms with E-state index >= 15 is 0 Å². The second kappa shape index (κ2) is 66.8. The van der Waals surface area contributed by atoms with E-state index < -0.39 is 6.10 Å². The Morgan fingerprint density at radius 3 is 0.762 bits per heavy atom. The van der Waals surface area contributed by atoms with Crippen molar-refractivity contribution in [2.24, 2.45) is 0 Å². The molecule has 0 aliphatic carbocycles. The molecule has 0 saturated heterocycles. The molecule has 0 fully saturated rings. The lowest BCUT2D eigenvalue weighted by Crippen LogP contribution is -2.30. The molecule has 452 valence electrons. The average Bonchev–Trinajstić information content (AvgIpc) is 3.46. The van der Waals surface area contributed by atoms with E-state index in [2.05, 4.69) is 167 Å². The molecule has 0 aliphatic heterocycles. The molecular weight excluding hydrogens is 985 g/mol. The smallest absolute Gasteiger partial charge is 0.306 e. The second-order valence-corrected chi connectivity index (χ2v) is 21.3. The Labute approximate surface area is 493 Å². The highest BCUT2D eigenvalue weighted by atomic mass is 16.6. The highest BCUT2D eigenvalue weighted by Crippen LogP contribution is 2.15. The standard InChI is InChI=1S/C74H120O6/c1-4-7-10-13-16-19-22-25-27-29-31-33-35-36-37-38-40-41-43-45-47-49-52-55-58-61-64-67-73(76)79-70-71(69-78-72(75)66-63-60-57-54-51-24-21-18-15-12-9-6-3)80-74(77)68-65-62-59-56-53-50-48-46-44-42-39-34-32-30-28-26-23-20-17-14-11-8-5-2/h7-8,10-11,16-17,19-20,25-28,31-34,36-37,40-42,44-45,47,71H,4-6,9,12-15,18,21-24,29-30,35,38-39,43,46,48-70H2,1-3H3/b10-7-,11-8-,19-16-,20-17-,27-25-,28-26-,33-31-,34-32-,37-36-,41-40-,44-42-,47-45-. The van der Waals surface area contributed by atoms with Gasteiger partial charge in [-0.25, -0.2) is 0 Å². The summed E-state index contributed by atoms with van der Waals surface area (Å²) in [6, 6.07) is 0. The zero-order chi connectivity index (χ0) is 57.8. The third-order valence-electron chi connectivity index (χ3n) is 13.6. The number of hydrogen-bond donors (Lipinski definition) is 0. The molecule has 0 aliphatic rings. The first-order chi connectivity index (χ1) is 39.5. The molecule has 0 rings (SSSR count). The number of hydrogen-bond acceptors (Lipinski definition) is 6. The molecule has 0 bridgehead atoms. The number of carbonyl (C=O) groups is 3. The van der Waals surface area contributed by atoms with Crippen molar-refractivity contribution in [3.63, 3.8) is 0 Å². The van der Waals surface area contributed by atoms with Crippen LogP contribution in [0.1, 0.15) is 284 Å². The molecule has 0 aromatic rings. The zero-order valence-electron chi connectivity index (χ0n) is 51.8. The summed E-state index contributed by atoms with van der Waals surface area (Å²) in [6.45, 7) is 6.39. The number of allylic oxidation sites excluding steroid dienone is 24. The fourth-order valence-corrected chi connectivity index (χ4v) is 8.74. The summed E-state index contributed by atoms with van der Waals surface area (Å²) in [5.41, 5.74) is 0. The molecule has 0 spiro atoms. The van der Waals surface area contributed by atoms with Gasteiger partial charge in [0.25, 0.3) is 0 Å². The van der Waals surface area contributed by atoms with Crippen LogP contribution in [-0.2, 0) is 28.6 Å². The van der Waals surface area contributed by atoms with Crippen molar-refractivity contribution in [1.82, 2.24) is 0 Å². The first kappa shape index (κ1) is 75.3. The van der Waals surface area contributed by atoms with Gasteiger partial charge in [-0.1, -0.05) is 289 Å². The first-order valence-electron chi connectivity index (χ1n) is 32.8. The Bertz CT molecular complexity index is 1750. The molecule has 0 aromatic heterocycles. The Kier molecular flexibility index (Phi) is 62.9. The van der Waals surface area contributed by atoms with Gasteiger partial charge in [0.1, 0.15) is 13.2 Å². The summed E-state index contributed by atoms with van der Waals surface area (Å²) >= 11 is 0. The maximum absolute atomic E-state index is 12.9. The van der Waals surface area contributed by atoms with Crippen LogP contribution in [0.3, 0.4) is 0 Å². The van der Waals surface area contributed by atoms with Crippen molar-refractivity contribution in [2.45, 2.75) is 290 Å². The summed E-state index contributed by atoms with van der Waals surface area (Å²) < 4.78 is 16.9. The number of unbranched alkanes of at least 4 members (excludes halogenated alkanes) is 23. The van der Waals surface area contributed by atoms with Crippen LogP contribution in [0.2, 0.25) is 0 Å². The molecule has 6 heteroatoms. The van der Waals surface area contributed by atoms with Crippen molar-refractivity contribution in [3.05, 3.63) is 146 Å². The first-order valence-corrected chi connectivity index (χ1v) is 32.8. The predicted molar refractivity (Wildman–Crippen MR) is 348 cm³/mol. The molecule has 0 heterocycles. The summed E-state index contributed by atoms with van der Waals surface area (Å²) in [5.74, 6) is -0.921. The lowest BCUT2D eigenvalue weighted by atomic mass is 10.0. The quantitative estimate of drug-likeness (QED) is 0.0261. The number of esters is 3. The van der Waals surface area contributed by atoms with E-state index in [-0.39, 0.29) is 31.1 Å². The van der Waals surface area contributed by atoms with Crippen molar-refractivity contribution >= 4 is 17.9 Å². The number of rotatable bonds is 58. The van der Waals surface area contributed by atoms with Crippen LogP contribution in [0.15, 0.2) is 146 Å². The molecule has 80 heavy (non-hydrogen) atoms. The van der Waals surface area contributed by atoms with Gasteiger partial charge in [0.05, 0.1) is 0 Å². The van der Waals surface area contributed by atoms with Crippen molar-refractivity contribution < 1.29 is 28.6 Å². The van der Waals surface area contributed by atoms with Gasteiger partial charge in [-0.05, 0) is 122 Å². The molecule has 0 saturated carbocycles. The minimum absolute atomic E-state index is 0.0917. The van der Waals surface area contributed by atoms with Gasteiger partial charge in [0.2, 0.25) is 0 Å². The van der Waals surface area contributed by atoms with Crippen LogP contribution >= 0.6 is 0 Å². The molecule has 0 radical (unpaired) electrons. The van der Waals surface area contributed by atoms with Gasteiger partial charge in [0.15, 0.2) is 6.10 Å². The normalized spacial score (nSPS) is 13.1. The number of ether oxygens (including phenoxy) is 3. The average molecular weight is 1110 g/mol. The summed E-state index contributed by atoms with van der Waals surface area (Å²) in [6.07, 6.45) is 95.6. The van der Waals surface area contributed by atoms with Crippen molar-refractivity contribution in [1.29, 1.82) is 0 Å².